The van der Waals surface area contributed by atoms with Crippen molar-refractivity contribution in [3.05, 3.63) is 75.0 Å². The number of aromatic nitrogens is 1. The van der Waals surface area contributed by atoms with Crippen molar-refractivity contribution in [2.24, 2.45) is 0 Å². The molecule has 0 radical (unpaired) electrons. The molecule has 0 aliphatic rings. The lowest BCUT2D eigenvalue weighted by Crippen LogP contribution is -2.16. The van der Waals surface area contributed by atoms with Gasteiger partial charge in [0.15, 0.2) is 0 Å². The molecule has 27 heavy (non-hydrogen) atoms. The van der Waals surface area contributed by atoms with Crippen molar-refractivity contribution in [1.82, 2.24) is 4.98 Å². The van der Waals surface area contributed by atoms with Gasteiger partial charge in [-0.2, -0.15) is 0 Å². The highest BCUT2D eigenvalue weighted by Crippen LogP contribution is 2.29. The van der Waals surface area contributed by atoms with Crippen LogP contribution in [0.3, 0.4) is 0 Å². The molecular weight excluding hydrogens is 455 g/mol. The van der Waals surface area contributed by atoms with Crippen LogP contribution in [0, 0.1) is 19.7 Å². The summed E-state index contributed by atoms with van der Waals surface area (Å²) in [6.45, 7) is 3.46. The van der Waals surface area contributed by atoms with E-state index >= 15 is 0 Å². The van der Waals surface area contributed by atoms with Crippen LogP contribution in [0.5, 0.6) is 0 Å². The number of halogens is 3. The Labute approximate surface area is 170 Å². The van der Waals surface area contributed by atoms with E-state index in [0.29, 0.717) is 22.4 Å². The Kier molecular flexibility index (Phi) is 5.55. The predicted octanol–water partition coefficient (Wildman–Crippen LogP) is 5.72. The third-order valence-electron chi connectivity index (χ3n) is 3.89. The second-order valence-electron chi connectivity index (χ2n) is 6.01. The normalized spacial score (nSPS) is 11.4. The van der Waals surface area contributed by atoms with Crippen molar-refractivity contribution in [1.29, 1.82) is 0 Å². The molecule has 1 aromatic heterocycles. The molecule has 4 nitrogen and oxygen atoms in total. The van der Waals surface area contributed by atoms with Gasteiger partial charge in [0.05, 0.1) is 15.6 Å². The largest absolute Gasteiger partial charge is 0.263 e. The Balaban J connectivity index is 1.99. The van der Waals surface area contributed by atoms with Crippen molar-refractivity contribution >= 4 is 43.4 Å². The molecule has 0 aliphatic heterocycles. The summed E-state index contributed by atoms with van der Waals surface area (Å²) in [5.41, 5.74) is 2.18. The molecule has 140 valence electrons. The molecule has 0 unspecified atom stereocenters. The minimum absolute atomic E-state index is 0.148. The highest BCUT2D eigenvalue weighted by atomic mass is 79.9. The monoisotopic (exact) mass is 468 g/mol. The minimum atomic E-state index is -3.83. The maximum Gasteiger partial charge on any atom is 0.263 e. The molecule has 0 bridgehead atoms. The molecule has 8 heteroatoms. The Hall–Kier alpha value is -1.96. The lowest BCUT2D eigenvalue weighted by molar-refractivity contribution is 0.600. The van der Waals surface area contributed by atoms with Gasteiger partial charge in [-0.3, -0.25) is 4.72 Å². The number of sulfonamides is 1. The van der Waals surface area contributed by atoms with Gasteiger partial charge in [-0.1, -0.05) is 33.6 Å². The van der Waals surface area contributed by atoms with Crippen LogP contribution in [-0.4, -0.2) is 13.4 Å². The molecule has 0 saturated heterocycles. The quantitative estimate of drug-likeness (QED) is 0.531. The number of aryl methyl sites for hydroxylation is 2. The molecular formula is C19H15BrClFN2O2S. The van der Waals surface area contributed by atoms with Gasteiger partial charge in [-0.05, 0) is 67.4 Å². The van der Waals surface area contributed by atoms with Crippen LogP contribution in [-0.2, 0) is 10.0 Å². The number of hydrogen-bond donors (Lipinski definition) is 1. The summed E-state index contributed by atoms with van der Waals surface area (Å²) >= 11 is 9.44. The van der Waals surface area contributed by atoms with Crippen molar-refractivity contribution in [3.8, 4) is 11.3 Å². The van der Waals surface area contributed by atoms with E-state index in [1.807, 2.05) is 0 Å². The highest BCUT2D eigenvalue weighted by molar-refractivity contribution is 9.10. The summed E-state index contributed by atoms with van der Waals surface area (Å²) in [7, 11) is -3.83. The van der Waals surface area contributed by atoms with Gasteiger partial charge in [0.1, 0.15) is 11.6 Å². The van der Waals surface area contributed by atoms with Crippen LogP contribution in [0.2, 0.25) is 5.02 Å². The van der Waals surface area contributed by atoms with Crippen LogP contribution >= 0.6 is 27.5 Å². The number of pyridine rings is 1. The van der Waals surface area contributed by atoms with Crippen molar-refractivity contribution in [2.75, 3.05) is 4.72 Å². The van der Waals surface area contributed by atoms with E-state index in [9.17, 15) is 12.8 Å². The SMILES string of the molecule is Cc1cc(Br)cc(C)c1S(=O)(=O)Nc1cccc(-c2ccc(F)cc2Cl)n1. The molecule has 0 spiro atoms. The summed E-state index contributed by atoms with van der Waals surface area (Å²) in [6.07, 6.45) is 0. The zero-order valence-electron chi connectivity index (χ0n) is 14.4. The number of benzene rings is 2. The first-order valence-corrected chi connectivity index (χ1v) is 10.5. The van der Waals surface area contributed by atoms with Gasteiger partial charge in [0.2, 0.25) is 0 Å². The average molecular weight is 470 g/mol. The van der Waals surface area contributed by atoms with Gasteiger partial charge >= 0.3 is 0 Å². The minimum Gasteiger partial charge on any atom is -0.263 e. The Bertz CT molecular complexity index is 1110. The van der Waals surface area contributed by atoms with E-state index in [-0.39, 0.29) is 15.7 Å². The molecule has 1 heterocycles. The lowest BCUT2D eigenvalue weighted by atomic mass is 10.1. The highest BCUT2D eigenvalue weighted by Gasteiger charge is 2.21. The van der Waals surface area contributed by atoms with Crippen molar-refractivity contribution in [2.45, 2.75) is 18.7 Å². The van der Waals surface area contributed by atoms with E-state index < -0.39 is 15.8 Å². The van der Waals surface area contributed by atoms with Crippen LogP contribution in [0.15, 0.2) is 57.9 Å². The molecule has 3 rings (SSSR count). The Morgan fingerprint density at radius 3 is 2.37 bits per heavy atom. The lowest BCUT2D eigenvalue weighted by Gasteiger charge is -2.14. The van der Waals surface area contributed by atoms with E-state index in [1.54, 1.807) is 44.2 Å². The first-order chi connectivity index (χ1) is 12.7. The second kappa shape index (κ2) is 7.58. The number of hydrogen-bond acceptors (Lipinski definition) is 3. The summed E-state index contributed by atoms with van der Waals surface area (Å²) in [6, 6.07) is 12.3. The standard InChI is InChI=1S/C19H15BrClFN2O2S/c1-11-8-13(20)9-12(2)19(11)27(25,26)24-18-5-3-4-17(23-18)15-7-6-14(22)10-16(15)21/h3-10H,1-2H3,(H,23,24). The topological polar surface area (TPSA) is 59.1 Å². The van der Waals surface area contributed by atoms with Gasteiger partial charge in [-0.15, -0.1) is 0 Å². The summed E-state index contributed by atoms with van der Waals surface area (Å²) < 4.78 is 42.3. The third-order valence-corrected chi connectivity index (χ3v) is 6.32. The number of rotatable bonds is 4. The smallest absolute Gasteiger partial charge is 0.263 e. The zero-order valence-corrected chi connectivity index (χ0v) is 17.6. The Morgan fingerprint density at radius 1 is 1.07 bits per heavy atom. The molecule has 2 aromatic carbocycles. The van der Waals surface area contributed by atoms with Gasteiger partial charge in [0.25, 0.3) is 10.0 Å². The number of anilines is 1. The van der Waals surface area contributed by atoms with Crippen LogP contribution < -0.4 is 4.72 Å². The fourth-order valence-electron chi connectivity index (χ4n) is 2.85. The molecule has 0 amide bonds. The first kappa shape index (κ1) is 19.8. The summed E-state index contributed by atoms with van der Waals surface area (Å²) in [5.74, 6) is -0.309. The molecule has 0 atom stereocenters. The number of nitrogens with zero attached hydrogens (tertiary/aromatic N) is 1. The summed E-state index contributed by atoms with van der Waals surface area (Å²) in [5, 5.41) is 0.196. The van der Waals surface area contributed by atoms with Gasteiger partial charge in [-0.25, -0.2) is 17.8 Å². The predicted molar refractivity (Wildman–Crippen MR) is 109 cm³/mol. The molecule has 0 fully saturated rings. The van der Waals surface area contributed by atoms with Crippen molar-refractivity contribution < 1.29 is 12.8 Å². The van der Waals surface area contributed by atoms with E-state index in [0.717, 1.165) is 4.47 Å². The van der Waals surface area contributed by atoms with E-state index in [1.165, 1.54) is 18.2 Å². The molecule has 3 aromatic rings. The fraction of sp³-hybridized carbons (Fsp3) is 0.105. The zero-order chi connectivity index (χ0) is 19.8. The number of nitrogens with one attached hydrogen (secondary N) is 1. The van der Waals surface area contributed by atoms with Crippen LogP contribution in [0.25, 0.3) is 11.3 Å². The molecule has 1 N–H and O–H groups in total. The third kappa shape index (κ3) is 4.31. The van der Waals surface area contributed by atoms with Crippen LogP contribution in [0.4, 0.5) is 10.2 Å². The first-order valence-electron chi connectivity index (χ1n) is 7.89. The van der Waals surface area contributed by atoms with Gasteiger partial charge in [0, 0.05) is 10.0 Å². The second-order valence-corrected chi connectivity index (χ2v) is 8.95. The van der Waals surface area contributed by atoms with Gasteiger partial charge < -0.3 is 0 Å². The maximum absolute atomic E-state index is 13.3. The fourth-order valence-corrected chi connectivity index (χ4v) is 5.26. The average Bonchev–Trinajstić information content (AvgIpc) is 2.53. The molecule has 0 saturated carbocycles. The van der Waals surface area contributed by atoms with E-state index in [2.05, 4.69) is 25.6 Å². The Morgan fingerprint density at radius 2 is 1.74 bits per heavy atom. The van der Waals surface area contributed by atoms with Crippen molar-refractivity contribution in [3.63, 3.8) is 0 Å². The maximum atomic E-state index is 13.3. The summed E-state index contributed by atoms with van der Waals surface area (Å²) in [4.78, 5) is 4.52. The van der Waals surface area contributed by atoms with Crippen LogP contribution in [0.1, 0.15) is 11.1 Å². The molecule has 0 aliphatic carbocycles. The van der Waals surface area contributed by atoms with E-state index in [4.69, 9.17) is 11.6 Å².